The van der Waals surface area contributed by atoms with Crippen LogP contribution in [0.15, 0.2) is 54.3 Å². The molecule has 2 heterocycles. The van der Waals surface area contributed by atoms with Crippen LogP contribution in [0.3, 0.4) is 0 Å². The highest BCUT2D eigenvalue weighted by molar-refractivity contribution is 5.93. The van der Waals surface area contributed by atoms with Crippen LogP contribution in [0.5, 0.6) is 0 Å². The van der Waals surface area contributed by atoms with Crippen LogP contribution < -0.4 is 21.3 Å². The Bertz CT molecular complexity index is 1510. The number of allylic oxidation sites excluding steroid dienone is 4. The molecular formula is C44H72N6O9. The van der Waals surface area contributed by atoms with E-state index in [1.807, 2.05) is 52.8 Å². The van der Waals surface area contributed by atoms with Gasteiger partial charge in [0.2, 0.25) is 29.5 Å². The van der Waals surface area contributed by atoms with Crippen molar-refractivity contribution >= 4 is 35.4 Å². The maximum atomic E-state index is 13.7. The summed E-state index contributed by atoms with van der Waals surface area (Å²) in [6.07, 6.45) is 5.98. The molecule has 0 aromatic heterocycles. The number of benzene rings is 1. The number of rotatable bonds is 11. The third kappa shape index (κ3) is 20.2. The number of carbonyl (C=O) groups excluding carboxylic acids is 6. The van der Waals surface area contributed by atoms with E-state index in [2.05, 4.69) is 42.0 Å². The van der Waals surface area contributed by atoms with Crippen molar-refractivity contribution in [2.24, 2.45) is 11.8 Å². The summed E-state index contributed by atoms with van der Waals surface area (Å²) in [4.78, 5) is 81.2. The fourth-order valence-electron chi connectivity index (χ4n) is 6.05. The van der Waals surface area contributed by atoms with E-state index in [1.54, 1.807) is 44.4 Å². The number of fused-ring (bicyclic) bond motifs is 2. The lowest BCUT2D eigenvalue weighted by molar-refractivity contribution is -0.140. The van der Waals surface area contributed by atoms with E-state index in [9.17, 15) is 33.9 Å². The van der Waals surface area contributed by atoms with Crippen LogP contribution in [0, 0.1) is 11.8 Å². The van der Waals surface area contributed by atoms with Crippen molar-refractivity contribution in [3.63, 3.8) is 0 Å². The molecule has 15 nitrogen and oxygen atoms in total. The molecule has 2 aliphatic rings. The summed E-state index contributed by atoms with van der Waals surface area (Å²) in [5, 5.41) is 21.5. The smallest absolute Gasteiger partial charge is 0.251 e. The third-order valence-electron chi connectivity index (χ3n) is 8.93. The molecule has 1 saturated heterocycles. The van der Waals surface area contributed by atoms with E-state index >= 15 is 0 Å². The number of aliphatic hydroxyl groups excluding tert-OH is 1. The molecule has 59 heavy (non-hydrogen) atoms. The van der Waals surface area contributed by atoms with E-state index in [4.69, 9.17) is 9.47 Å². The monoisotopic (exact) mass is 829 g/mol. The molecular weight excluding hydrogens is 757 g/mol. The van der Waals surface area contributed by atoms with Gasteiger partial charge >= 0.3 is 0 Å². The number of likely N-dealkylation sites (N-methyl/N-ethyl adjacent to an activating group) is 1. The van der Waals surface area contributed by atoms with Gasteiger partial charge in [-0.3, -0.25) is 28.8 Å². The van der Waals surface area contributed by atoms with E-state index in [1.165, 1.54) is 9.80 Å². The average molecular weight is 829 g/mol. The Morgan fingerprint density at radius 1 is 1.03 bits per heavy atom. The van der Waals surface area contributed by atoms with Crippen molar-refractivity contribution < 1.29 is 43.3 Å². The summed E-state index contributed by atoms with van der Waals surface area (Å²) >= 11 is 0. The van der Waals surface area contributed by atoms with Gasteiger partial charge < -0.3 is 45.6 Å². The molecule has 2 bridgehead atoms. The summed E-state index contributed by atoms with van der Waals surface area (Å²) in [6.45, 7) is 16.1. The van der Waals surface area contributed by atoms with Gasteiger partial charge in [-0.05, 0) is 43.2 Å². The molecule has 1 aromatic rings. The lowest BCUT2D eigenvalue weighted by atomic mass is 10.0. The Labute approximate surface area is 352 Å². The molecule has 6 unspecified atom stereocenters. The normalized spacial score (nSPS) is 21.9. The highest BCUT2D eigenvalue weighted by atomic mass is 16.5. The molecule has 332 valence electrons. The van der Waals surface area contributed by atoms with E-state index in [0.29, 0.717) is 38.0 Å². The van der Waals surface area contributed by atoms with Gasteiger partial charge in [-0.25, -0.2) is 0 Å². The van der Waals surface area contributed by atoms with Gasteiger partial charge in [0.15, 0.2) is 6.10 Å². The second-order valence-corrected chi connectivity index (χ2v) is 15.4. The fraction of sp³-hybridized carbons (Fsp3) is 0.636. The first-order valence-corrected chi connectivity index (χ1v) is 21.0. The molecule has 3 rings (SSSR count). The maximum absolute atomic E-state index is 13.7. The predicted molar refractivity (Wildman–Crippen MR) is 228 cm³/mol. The zero-order chi connectivity index (χ0) is 44.5. The molecule has 15 heteroatoms. The summed E-state index contributed by atoms with van der Waals surface area (Å²) in [7, 11) is 3.13. The fourth-order valence-corrected chi connectivity index (χ4v) is 6.05. The number of hydrogen-bond acceptors (Lipinski definition) is 9. The van der Waals surface area contributed by atoms with Gasteiger partial charge in [-0.2, -0.15) is 0 Å². The highest BCUT2D eigenvalue weighted by Gasteiger charge is 2.41. The van der Waals surface area contributed by atoms with Gasteiger partial charge in [0, 0.05) is 39.9 Å². The van der Waals surface area contributed by atoms with E-state index < -0.39 is 60.5 Å². The van der Waals surface area contributed by atoms with Crippen LogP contribution in [0.1, 0.15) is 106 Å². The van der Waals surface area contributed by atoms with Gasteiger partial charge in [-0.1, -0.05) is 97.4 Å². The maximum Gasteiger partial charge on any atom is 0.251 e. The van der Waals surface area contributed by atoms with E-state index in [-0.39, 0.29) is 50.1 Å². The molecule has 1 fully saturated rings. The van der Waals surface area contributed by atoms with Crippen molar-refractivity contribution in [2.45, 2.75) is 124 Å². The summed E-state index contributed by atoms with van der Waals surface area (Å²) in [6, 6.07) is 5.65. The van der Waals surface area contributed by atoms with Crippen molar-refractivity contribution in [3.8, 4) is 0 Å². The minimum absolute atomic E-state index is 0.0584. The molecule has 5 N–H and O–H groups in total. The first-order chi connectivity index (χ1) is 28.0. The first kappa shape index (κ1) is 52.3. The molecule has 1 aromatic carbocycles. The quantitative estimate of drug-likeness (QED) is 0.206. The second kappa shape index (κ2) is 28.6. The van der Waals surface area contributed by atoms with Crippen LogP contribution >= 0.6 is 0 Å². The van der Waals surface area contributed by atoms with Crippen LogP contribution in [0.4, 0.5) is 0 Å². The third-order valence-corrected chi connectivity index (χ3v) is 8.93. The highest BCUT2D eigenvalue weighted by Crippen LogP contribution is 2.22. The standard InChI is InChI=1S/C38H56N6O9.C4H10.C2H6/c1-6-13-29(35(48)37(50)40-22-32(46)42-34(38(51)43(4)5)27-16-8-7-9-17-27)41-36(49)30-21-28-24-44(30)33(47)23-39-31(45)20-25(2)14-10-11-15-26(3)52-18-12-19-53-28;1-4(2)3;1-2/h7-10,14-17,25,28-30,34-35,48H,6,11-13,18-24H2,1-5H3,(H,39,45)(H,40,50)(H,41,49)(H,42,46);4H,1-3H3;1-2H3/b14-10-,26-15+;;. The van der Waals surface area contributed by atoms with Crippen LogP contribution in [0.2, 0.25) is 0 Å². The minimum atomic E-state index is -1.72. The Morgan fingerprint density at radius 3 is 2.32 bits per heavy atom. The number of amides is 6. The Kier molecular flexibility index (Phi) is 25.4. The number of aliphatic hydroxyl groups is 1. The number of nitrogens with one attached hydrogen (secondary N) is 4. The van der Waals surface area contributed by atoms with Gasteiger partial charge in [-0.15, -0.1) is 0 Å². The largest absolute Gasteiger partial charge is 0.498 e. The van der Waals surface area contributed by atoms with Gasteiger partial charge in [0.05, 0.1) is 44.2 Å². The topological polar surface area (TPSA) is 196 Å². The molecule has 0 spiro atoms. The number of nitrogens with zero attached hydrogens (tertiary/aromatic N) is 2. The Hall–Kier alpha value is -4.76. The van der Waals surface area contributed by atoms with Crippen molar-refractivity contribution in [1.82, 2.24) is 31.1 Å². The summed E-state index contributed by atoms with van der Waals surface area (Å²) in [5.41, 5.74) is 0.561. The van der Waals surface area contributed by atoms with Crippen molar-refractivity contribution in [2.75, 3.05) is 46.9 Å². The molecule has 0 aliphatic carbocycles. The molecule has 6 atom stereocenters. The Balaban J connectivity index is 0.00000273. The first-order valence-electron chi connectivity index (χ1n) is 21.0. The average Bonchev–Trinajstić information content (AvgIpc) is 3.64. The number of hydrogen-bond donors (Lipinski definition) is 5. The molecule has 2 aliphatic heterocycles. The van der Waals surface area contributed by atoms with Crippen molar-refractivity contribution in [1.29, 1.82) is 0 Å². The minimum Gasteiger partial charge on any atom is -0.498 e. The predicted octanol–water partition coefficient (Wildman–Crippen LogP) is 3.78. The SMILES string of the molecule is CC.CC(C)C.CCCC(NC(=O)C1CC2CN1C(=O)CNC(=O)CC(C)/C=C\C/C=C(\C)OCCCO2)C(O)C(=O)NCC(=O)NC(C(=O)N(C)C)c1ccccc1. The second-order valence-electron chi connectivity index (χ2n) is 15.4. The zero-order valence-electron chi connectivity index (χ0n) is 37.0. The summed E-state index contributed by atoms with van der Waals surface area (Å²) in [5.74, 6) is -1.72. The van der Waals surface area contributed by atoms with Crippen LogP contribution in [0.25, 0.3) is 0 Å². The lowest BCUT2D eigenvalue weighted by Gasteiger charge is -2.28. The van der Waals surface area contributed by atoms with Crippen LogP contribution in [-0.4, -0.2) is 122 Å². The van der Waals surface area contributed by atoms with Gasteiger partial charge in [0.25, 0.3) is 5.91 Å². The molecule has 0 saturated carbocycles. The zero-order valence-corrected chi connectivity index (χ0v) is 37.0. The number of carbonyl (C=O) groups is 6. The molecule has 6 amide bonds. The Morgan fingerprint density at radius 2 is 1.69 bits per heavy atom. The van der Waals surface area contributed by atoms with Crippen molar-refractivity contribution in [3.05, 3.63) is 59.9 Å². The summed E-state index contributed by atoms with van der Waals surface area (Å²) < 4.78 is 11.8. The molecule has 0 radical (unpaired) electrons. The van der Waals surface area contributed by atoms with Gasteiger partial charge in [0.1, 0.15) is 12.1 Å². The number of ether oxygens (including phenoxy) is 2. The van der Waals surface area contributed by atoms with E-state index in [0.717, 1.165) is 11.7 Å². The van der Waals surface area contributed by atoms with Crippen LogP contribution in [-0.2, 0) is 38.2 Å². The lowest BCUT2D eigenvalue weighted by Crippen LogP contribution is -2.56.